The molecule has 1 saturated carbocycles. The van der Waals surface area contributed by atoms with Gasteiger partial charge in [-0.05, 0) is 18.8 Å². The smallest absolute Gasteiger partial charge is 0.0108 e. The van der Waals surface area contributed by atoms with Gasteiger partial charge < -0.3 is 5.73 Å². The van der Waals surface area contributed by atoms with Crippen LogP contribution in [0.25, 0.3) is 0 Å². The quantitative estimate of drug-likeness (QED) is 0.654. The minimum Gasteiger partial charge on any atom is -0.329 e. The van der Waals surface area contributed by atoms with Crippen LogP contribution in [0.4, 0.5) is 0 Å². The molecule has 0 amide bonds. The highest BCUT2D eigenvalue weighted by Gasteiger charge is 2.29. The lowest BCUT2D eigenvalue weighted by molar-refractivity contribution is 0.220. The second-order valence-electron chi connectivity index (χ2n) is 4.20. The van der Waals surface area contributed by atoms with Crippen molar-refractivity contribution in [1.29, 1.82) is 0 Å². The van der Waals surface area contributed by atoms with Gasteiger partial charge in [0, 0.05) is 25.7 Å². The Morgan fingerprint density at radius 2 is 1.92 bits per heavy atom. The summed E-state index contributed by atoms with van der Waals surface area (Å²) in [5, 5.41) is 0. The normalized spacial score (nSPS) is 17.3. The van der Waals surface area contributed by atoms with E-state index in [1.165, 1.54) is 32.2 Å². The molecule has 1 aliphatic rings. The molecule has 0 atom stereocenters. The molecule has 0 aliphatic heterocycles. The lowest BCUT2D eigenvalue weighted by Crippen LogP contribution is -2.35. The minimum absolute atomic E-state index is 0.816. The summed E-state index contributed by atoms with van der Waals surface area (Å²) in [7, 11) is 0. The monoisotopic (exact) mass is 184 g/mol. The van der Waals surface area contributed by atoms with Gasteiger partial charge in [0.2, 0.25) is 0 Å². The highest BCUT2D eigenvalue weighted by molar-refractivity contribution is 4.85. The van der Waals surface area contributed by atoms with Crippen LogP contribution in [0.1, 0.15) is 39.5 Å². The van der Waals surface area contributed by atoms with E-state index in [-0.39, 0.29) is 0 Å². The summed E-state index contributed by atoms with van der Waals surface area (Å²) in [5.74, 6) is 0.882. The van der Waals surface area contributed by atoms with Gasteiger partial charge in [-0.2, -0.15) is 0 Å². The van der Waals surface area contributed by atoms with Gasteiger partial charge in [0.25, 0.3) is 0 Å². The van der Waals surface area contributed by atoms with Crippen molar-refractivity contribution >= 4 is 0 Å². The number of hydrogen-bond donors (Lipinski definition) is 1. The molecule has 1 rings (SSSR count). The van der Waals surface area contributed by atoms with Crippen LogP contribution in [0.5, 0.6) is 0 Å². The van der Waals surface area contributed by atoms with Gasteiger partial charge in [-0.1, -0.05) is 26.7 Å². The maximum Gasteiger partial charge on any atom is 0.0108 e. The summed E-state index contributed by atoms with van der Waals surface area (Å²) < 4.78 is 0. The first-order valence-electron chi connectivity index (χ1n) is 5.75. The fourth-order valence-corrected chi connectivity index (χ4v) is 1.91. The molecular formula is C11H24N2. The predicted octanol–water partition coefficient (Wildman–Crippen LogP) is 1.85. The summed E-state index contributed by atoms with van der Waals surface area (Å²) in [6, 6.07) is 0.879. The molecule has 0 unspecified atom stereocenters. The fraction of sp³-hybridized carbons (Fsp3) is 1.00. The van der Waals surface area contributed by atoms with Gasteiger partial charge in [-0.3, -0.25) is 4.90 Å². The lowest BCUT2D eigenvalue weighted by atomic mass is 10.0. The Balaban J connectivity index is 2.27. The highest BCUT2D eigenvalue weighted by atomic mass is 15.2. The van der Waals surface area contributed by atoms with Crippen molar-refractivity contribution in [1.82, 2.24) is 4.90 Å². The number of nitrogens with two attached hydrogens (primary N) is 1. The summed E-state index contributed by atoms with van der Waals surface area (Å²) in [5.41, 5.74) is 5.61. The summed E-state index contributed by atoms with van der Waals surface area (Å²) in [6.45, 7) is 7.77. The Kier molecular flexibility index (Phi) is 4.74. The maximum absolute atomic E-state index is 5.61. The summed E-state index contributed by atoms with van der Waals surface area (Å²) in [4.78, 5) is 2.59. The molecule has 0 saturated heterocycles. The van der Waals surface area contributed by atoms with E-state index in [1.54, 1.807) is 0 Å². The van der Waals surface area contributed by atoms with Gasteiger partial charge >= 0.3 is 0 Å². The van der Waals surface area contributed by atoms with Crippen molar-refractivity contribution < 1.29 is 0 Å². The minimum atomic E-state index is 0.816. The molecule has 0 aromatic carbocycles. The molecule has 78 valence electrons. The first-order valence-corrected chi connectivity index (χ1v) is 5.75. The molecular weight excluding hydrogens is 160 g/mol. The average Bonchev–Trinajstić information content (AvgIpc) is 2.95. The van der Waals surface area contributed by atoms with Crippen LogP contribution in [0.15, 0.2) is 0 Å². The first-order chi connectivity index (χ1) is 6.31. The van der Waals surface area contributed by atoms with E-state index >= 15 is 0 Å². The molecule has 0 aromatic rings. The van der Waals surface area contributed by atoms with Crippen LogP contribution >= 0.6 is 0 Å². The molecule has 0 radical (unpaired) electrons. The molecule has 0 aromatic heterocycles. The maximum atomic E-state index is 5.61. The van der Waals surface area contributed by atoms with Gasteiger partial charge in [0.05, 0.1) is 0 Å². The third-order valence-corrected chi connectivity index (χ3v) is 3.13. The lowest BCUT2D eigenvalue weighted by Gasteiger charge is -2.25. The molecule has 1 fully saturated rings. The van der Waals surface area contributed by atoms with E-state index in [2.05, 4.69) is 18.7 Å². The van der Waals surface area contributed by atoms with Crippen molar-refractivity contribution in [2.75, 3.05) is 19.6 Å². The van der Waals surface area contributed by atoms with E-state index in [1.807, 2.05) is 0 Å². The van der Waals surface area contributed by atoms with Crippen LogP contribution in [0, 0.1) is 5.92 Å². The number of nitrogens with zero attached hydrogens (tertiary/aromatic N) is 1. The van der Waals surface area contributed by atoms with E-state index in [0.29, 0.717) is 0 Å². The standard InChI is InChI=1S/C11H24N2/c1-3-10(4-2)9-13(8-7-12)11-5-6-11/h10-11H,3-9,12H2,1-2H3. The van der Waals surface area contributed by atoms with Gasteiger partial charge in [0.1, 0.15) is 0 Å². The van der Waals surface area contributed by atoms with Crippen LogP contribution < -0.4 is 5.73 Å². The van der Waals surface area contributed by atoms with Crippen molar-refractivity contribution in [3.8, 4) is 0 Å². The Bertz CT molecular complexity index is 128. The van der Waals surface area contributed by atoms with Crippen molar-refractivity contribution in [2.45, 2.75) is 45.6 Å². The van der Waals surface area contributed by atoms with Crippen LogP contribution in [-0.2, 0) is 0 Å². The fourth-order valence-electron chi connectivity index (χ4n) is 1.91. The Morgan fingerprint density at radius 3 is 2.31 bits per heavy atom. The van der Waals surface area contributed by atoms with E-state index in [9.17, 15) is 0 Å². The molecule has 0 spiro atoms. The van der Waals surface area contributed by atoms with Gasteiger partial charge in [-0.25, -0.2) is 0 Å². The van der Waals surface area contributed by atoms with Gasteiger partial charge in [0.15, 0.2) is 0 Å². The SMILES string of the molecule is CCC(CC)CN(CCN)C1CC1. The molecule has 13 heavy (non-hydrogen) atoms. The Labute approximate surface area is 82.5 Å². The number of rotatable bonds is 7. The zero-order chi connectivity index (χ0) is 9.68. The van der Waals surface area contributed by atoms with Crippen molar-refractivity contribution in [2.24, 2.45) is 11.7 Å². The van der Waals surface area contributed by atoms with E-state index in [4.69, 9.17) is 5.73 Å². The molecule has 2 nitrogen and oxygen atoms in total. The Morgan fingerprint density at radius 1 is 1.31 bits per heavy atom. The Hall–Kier alpha value is -0.0800. The van der Waals surface area contributed by atoms with Crippen molar-refractivity contribution in [3.63, 3.8) is 0 Å². The molecule has 0 heterocycles. The predicted molar refractivity (Wildman–Crippen MR) is 57.7 cm³/mol. The second kappa shape index (κ2) is 5.61. The van der Waals surface area contributed by atoms with Crippen LogP contribution in [0.3, 0.4) is 0 Å². The van der Waals surface area contributed by atoms with Gasteiger partial charge in [-0.15, -0.1) is 0 Å². The number of hydrogen-bond acceptors (Lipinski definition) is 2. The van der Waals surface area contributed by atoms with Crippen LogP contribution in [0.2, 0.25) is 0 Å². The molecule has 1 aliphatic carbocycles. The molecule has 2 N–H and O–H groups in total. The zero-order valence-corrected chi connectivity index (χ0v) is 9.13. The summed E-state index contributed by atoms with van der Waals surface area (Å²) in [6.07, 6.45) is 5.43. The molecule has 0 bridgehead atoms. The highest BCUT2D eigenvalue weighted by Crippen LogP contribution is 2.27. The topological polar surface area (TPSA) is 29.3 Å². The third kappa shape index (κ3) is 3.65. The van der Waals surface area contributed by atoms with Crippen molar-refractivity contribution in [3.05, 3.63) is 0 Å². The van der Waals surface area contributed by atoms with E-state index < -0.39 is 0 Å². The zero-order valence-electron chi connectivity index (χ0n) is 9.13. The first kappa shape index (κ1) is 11.0. The third-order valence-electron chi connectivity index (χ3n) is 3.13. The molecule has 2 heteroatoms. The summed E-state index contributed by atoms with van der Waals surface area (Å²) >= 11 is 0. The average molecular weight is 184 g/mol. The van der Waals surface area contributed by atoms with E-state index in [0.717, 1.165) is 25.0 Å². The second-order valence-corrected chi connectivity index (χ2v) is 4.20. The largest absolute Gasteiger partial charge is 0.329 e. The van der Waals surface area contributed by atoms with Crippen LogP contribution in [-0.4, -0.2) is 30.6 Å².